The van der Waals surface area contributed by atoms with Gasteiger partial charge in [-0.1, -0.05) is 12.1 Å². The van der Waals surface area contributed by atoms with Crippen LogP contribution in [-0.4, -0.2) is 32.1 Å². The first-order chi connectivity index (χ1) is 13.6. The van der Waals surface area contributed by atoms with Crippen LogP contribution in [0, 0.1) is 0 Å². The number of carbonyl (C=O) groups excluding carboxylic acids is 2. The molecule has 0 atom stereocenters. The Kier molecular flexibility index (Phi) is 6.32. The minimum Gasteiger partial charge on any atom is -0.494 e. The fourth-order valence-corrected chi connectivity index (χ4v) is 3.08. The molecule has 0 saturated carbocycles. The number of amides is 2. The van der Waals surface area contributed by atoms with Crippen molar-refractivity contribution in [3.05, 3.63) is 54.1 Å². The van der Waals surface area contributed by atoms with Gasteiger partial charge in [-0.3, -0.25) is 9.59 Å². The van der Waals surface area contributed by atoms with Crippen molar-refractivity contribution in [2.24, 2.45) is 0 Å². The predicted molar refractivity (Wildman–Crippen MR) is 110 cm³/mol. The number of benzene rings is 2. The normalized spacial score (nSPS) is 13.8. The van der Waals surface area contributed by atoms with Gasteiger partial charge in [0, 0.05) is 30.8 Å². The molecule has 0 aliphatic carbocycles. The summed E-state index contributed by atoms with van der Waals surface area (Å²) in [5.41, 5.74) is 2.24. The maximum absolute atomic E-state index is 12.2. The highest BCUT2D eigenvalue weighted by atomic mass is 16.5. The SMILES string of the molecule is CCOc1ccc(/C=C/C(=O)Nc2ccc(N3CCCC3=O)c(OC)c2)cc1. The number of carbonyl (C=O) groups is 2. The Morgan fingerprint density at radius 2 is 2.00 bits per heavy atom. The van der Waals surface area contributed by atoms with Gasteiger partial charge in [-0.2, -0.15) is 0 Å². The first kappa shape index (κ1) is 19.5. The summed E-state index contributed by atoms with van der Waals surface area (Å²) in [5, 5.41) is 2.81. The Morgan fingerprint density at radius 3 is 2.64 bits per heavy atom. The van der Waals surface area contributed by atoms with Crippen molar-refractivity contribution in [2.45, 2.75) is 19.8 Å². The van der Waals surface area contributed by atoms with Gasteiger partial charge in [-0.25, -0.2) is 0 Å². The van der Waals surface area contributed by atoms with Crippen LogP contribution in [0.2, 0.25) is 0 Å². The zero-order valence-electron chi connectivity index (χ0n) is 16.1. The fraction of sp³-hybridized carbons (Fsp3) is 0.273. The summed E-state index contributed by atoms with van der Waals surface area (Å²) < 4.78 is 10.8. The molecule has 1 saturated heterocycles. The lowest BCUT2D eigenvalue weighted by molar-refractivity contribution is -0.117. The maximum atomic E-state index is 12.2. The lowest BCUT2D eigenvalue weighted by atomic mass is 10.2. The highest BCUT2D eigenvalue weighted by Crippen LogP contribution is 2.33. The molecule has 3 rings (SSSR count). The molecule has 1 aliphatic heterocycles. The van der Waals surface area contributed by atoms with Crippen LogP contribution in [0.25, 0.3) is 6.08 Å². The van der Waals surface area contributed by atoms with Crippen LogP contribution < -0.4 is 19.7 Å². The summed E-state index contributed by atoms with van der Waals surface area (Å²) in [5.74, 6) is 1.20. The number of rotatable bonds is 7. The Balaban J connectivity index is 1.65. The summed E-state index contributed by atoms with van der Waals surface area (Å²) in [6.45, 7) is 3.24. The second-order valence-electron chi connectivity index (χ2n) is 6.36. The molecular formula is C22H24N2O4. The number of hydrogen-bond donors (Lipinski definition) is 1. The third-order valence-electron chi connectivity index (χ3n) is 4.43. The van der Waals surface area contributed by atoms with Gasteiger partial charge in [0.15, 0.2) is 0 Å². The monoisotopic (exact) mass is 380 g/mol. The zero-order chi connectivity index (χ0) is 19.9. The van der Waals surface area contributed by atoms with E-state index in [4.69, 9.17) is 9.47 Å². The van der Waals surface area contributed by atoms with Gasteiger partial charge in [-0.15, -0.1) is 0 Å². The van der Waals surface area contributed by atoms with E-state index in [1.165, 1.54) is 6.08 Å². The first-order valence-electron chi connectivity index (χ1n) is 9.31. The summed E-state index contributed by atoms with van der Waals surface area (Å²) >= 11 is 0. The molecule has 2 amide bonds. The van der Waals surface area contributed by atoms with Crippen LogP contribution in [0.3, 0.4) is 0 Å². The molecule has 6 nitrogen and oxygen atoms in total. The van der Waals surface area contributed by atoms with Crippen LogP contribution in [-0.2, 0) is 9.59 Å². The van der Waals surface area contributed by atoms with E-state index in [1.54, 1.807) is 36.3 Å². The lowest BCUT2D eigenvalue weighted by Crippen LogP contribution is -2.24. The minimum atomic E-state index is -0.249. The van der Waals surface area contributed by atoms with Crippen molar-refractivity contribution >= 4 is 29.3 Å². The molecule has 1 N–H and O–H groups in total. The van der Waals surface area contributed by atoms with Crippen molar-refractivity contribution in [1.82, 2.24) is 0 Å². The van der Waals surface area contributed by atoms with Crippen LogP contribution in [0.15, 0.2) is 48.5 Å². The summed E-state index contributed by atoms with van der Waals surface area (Å²) in [7, 11) is 1.55. The molecule has 28 heavy (non-hydrogen) atoms. The molecule has 1 fully saturated rings. The predicted octanol–water partition coefficient (Wildman–Crippen LogP) is 3.87. The first-order valence-corrected chi connectivity index (χ1v) is 9.31. The van der Waals surface area contributed by atoms with Crippen LogP contribution in [0.5, 0.6) is 11.5 Å². The molecule has 6 heteroatoms. The molecule has 0 unspecified atom stereocenters. The van der Waals surface area contributed by atoms with E-state index in [1.807, 2.05) is 31.2 Å². The molecule has 146 valence electrons. The molecule has 1 aliphatic rings. The van der Waals surface area contributed by atoms with Crippen LogP contribution in [0.1, 0.15) is 25.3 Å². The lowest BCUT2D eigenvalue weighted by Gasteiger charge is -2.19. The number of anilines is 2. The van der Waals surface area contributed by atoms with Crippen LogP contribution in [0.4, 0.5) is 11.4 Å². The number of nitrogens with one attached hydrogen (secondary N) is 1. The number of ether oxygens (including phenoxy) is 2. The average molecular weight is 380 g/mol. The van der Waals surface area contributed by atoms with Gasteiger partial charge in [0.1, 0.15) is 11.5 Å². The van der Waals surface area contributed by atoms with Gasteiger partial charge in [0.05, 0.1) is 19.4 Å². The molecule has 0 bridgehead atoms. The molecule has 0 spiro atoms. The van der Waals surface area contributed by atoms with E-state index in [0.29, 0.717) is 31.0 Å². The fourth-order valence-electron chi connectivity index (χ4n) is 3.08. The number of methoxy groups -OCH3 is 1. The van der Waals surface area contributed by atoms with E-state index in [2.05, 4.69) is 5.32 Å². The van der Waals surface area contributed by atoms with E-state index in [-0.39, 0.29) is 11.8 Å². The van der Waals surface area contributed by atoms with Crippen molar-refractivity contribution in [1.29, 1.82) is 0 Å². The summed E-state index contributed by atoms with van der Waals surface area (Å²) in [6.07, 6.45) is 4.61. The smallest absolute Gasteiger partial charge is 0.248 e. The Labute approximate surface area is 164 Å². The maximum Gasteiger partial charge on any atom is 0.248 e. The molecular weight excluding hydrogens is 356 g/mol. The quantitative estimate of drug-likeness (QED) is 0.741. The largest absolute Gasteiger partial charge is 0.494 e. The third kappa shape index (κ3) is 4.71. The van der Waals surface area contributed by atoms with Crippen molar-refractivity contribution in [3.8, 4) is 11.5 Å². The van der Waals surface area contributed by atoms with E-state index < -0.39 is 0 Å². The van der Waals surface area contributed by atoms with E-state index >= 15 is 0 Å². The van der Waals surface area contributed by atoms with E-state index in [9.17, 15) is 9.59 Å². The highest BCUT2D eigenvalue weighted by molar-refractivity contribution is 6.02. The van der Waals surface area contributed by atoms with Gasteiger partial charge >= 0.3 is 0 Å². The molecule has 1 heterocycles. The van der Waals surface area contributed by atoms with Gasteiger partial charge in [0.25, 0.3) is 0 Å². The minimum absolute atomic E-state index is 0.0911. The second kappa shape index (κ2) is 9.08. The third-order valence-corrected chi connectivity index (χ3v) is 4.43. The Morgan fingerprint density at radius 1 is 1.21 bits per heavy atom. The average Bonchev–Trinajstić information content (AvgIpc) is 3.13. The molecule has 2 aromatic carbocycles. The van der Waals surface area contributed by atoms with Crippen molar-refractivity contribution in [3.63, 3.8) is 0 Å². The highest BCUT2D eigenvalue weighted by Gasteiger charge is 2.24. The number of nitrogens with zero attached hydrogens (tertiary/aromatic N) is 1. The summed E-state index contributed by atoms with van der Waals surface area (Å²) in [6, 6.07) is 12.8. The standard InChI is InChI=1S/C22H24N2O4/c1-3-28-18-10-6-16(7-11-18)8-13-21(25)23-17-9-12-19(20(15-17)27-2)24-14-4-5-22(24)26/h6-13,15H,3-5,14H2,1-2H3,(H,23,25)/b13-8+. The molecule has 0 radical (unpaired) electrons. The zero-order valence-corrected chi connectivity index (χ0v) is 16.1. The molecule has 0 aromatic heterocycles. The molecule has 2 aromatic rings. The Bertz CT molecular complexity index is 875. The summed E-state index contributed by atoms with van der Waals surface area (Å²) in [4.78, 5) is 25.9. The van der Waals surface area contributed by atoms with Crippen LogP contribution >= 0.6 is 0 Å². The van der Waals surface area contributed by atoms with Gasteiger partial charge < -0.3 is 19.7 Å². The van der Waals surface area contributed by atoms with Crippen molar-refractivity contribution in [2.75, 3.05) is 30.5 Å². The van der Waals surface area contributed by atoms with Crippen molar-refractivity contribution < 1.29 is 19.1 Å². The van der Waals surface area contributed by atoms with E-state index in [0.717, 1.165) is 23.4 Å². The Hall–Kier alpha value is -3.28. The number of hydrogen-bond acceptors (Lipinski definition) is 4. The second-order valence-corrected chi connectivity index (χ2v) is 6.36. The topological polar surface area (TPSA) is 67.9 Å². The van der Waals surface area contributed by atoms with Gasteiger partial charge in [0.2, 0.25) is 11.8 Å². The van der Waals surface area contributed by atoms with Gasteiger partial charge in [-0.05, 0) is 49.2 Å².